The van der Waals surface area contributed by atoms with Gasteiger partial charge in [0.05, 0.1) is 7.11 Å². The standard InChI is InChI=1S/C13H14F3N3O2/c1-7(2)17-12(20)9-10(13(14,15)16)18-11-8(21-3)5-4-6-19(9)11/h4-7H,1-3H3,(H,17,20). The number of carbonyl (C=O) groups excluding carboxylic acids is 1. The number of imidazole rings is 1. The van der Waals surface area contributed by atoms with E-state index in [4.69, 9.17) is 4.74 Å². The molecule has 0 fully saturated rings. The number of rotatable bonds is 3. The molecule has 0 unspecified atom stereocenters. The van der Waals surface area contributed by atoms with E-state index >= 15 is 0 Å². The normalized spacial score (nSPS) is 12.0. The number of carbonyl (C=O) groups is 1. The summed E-state index contributed by atoms with van der Waals surface area (Å²) in [5, 5.41) is 2.45. The second kappa shape index (κ2) is 5.27. The number of halogens is 3. The molecule has 0 bridgehead atoms. The molecule has 2 heterocycles. The van der Waals surface area contributed by atoms with E-state index in [2.05, 4.69) is 10.3 Å². The zero-order valence-corrected chi connectivity index (χ0v) is 11.7. The largest absolute Gasteiger partial charge is 0.493 e. The molecule has 0 spiro atoms. The van der Waals surface area contributed by atoms with Crippen LogP contribution in [0, 0.1) is 0 Å². The first-order valence-corrected chi connectivity index (χ1v) is 6.18. The van der Waals surface area contributed by atoms with Crippen LogP contribution in [-0.2, 0) is 6.18 Å². The van der Waals surface area contributed by atoms with Crippen LogP contribution in [0.2, 0.25) is 0 Å². The van der Waals surface area contributed by atoms with Gasteiger partial charge in [0.15, 0.2) is 17.1 Å². The molecular formula is C13H14F3N3O2. The summed E-state index contributed by atoms with van der Waals surface area (Å²) in [6.45, 7) is 3.32. The molecule has 5 nitrogen and oxygen atoms in total. The molecule has 0 aromatic carbocycles. The number of methoxy groups -OCH3 is 1. The average Bonchev–Trinajstić information content (AvgIpc) is 2.76. The van der Waals surface area contributed by atoms with Gasteiger partial charge < -0.3 is 10.1 Å². The fourth-order valence-electron chi connectivity index (χ4n) is 1.95. The number of pyridine rings is 1. The van der Waals surface area contributed by atoms with Crippen molar-refractivity contribution in [3.63, 3.8) is 0 Å². The van der Waals surface area contributed by atoms with Gasteiger partial charge in [0.2, 0.25) is 0 Å². The number of nitrogens with one attached hydrogen (secondary N) is 1. The predicted molar refractivity (Wildman–Crippen MR) is 69.3 cm³/mol. The van der Waals surface area contributed by atoms with E-state index in [0.717, 1.165) is 4.40 Å². The average molecular weight is 301 g/mol. The highest BCUT2D eigenvalue weighted by Crippen LogP contribution is 2.33. The van der Waals surface area contributed by atoms with Crippen LogP contribution in [-0.4, -0.2) is 28.4 Å². The van der Waals surface area contributed by atoms with Gasteiger partial charge in [0, 0.05) is 12.2 Å². The van der Waals surface area contributed by atoms with E-state index in [9.17, 15) is 18.0 Å². The quantitative estimate of drug-likeness (QED) is 0.947. The second-order valence-corrected chi connectivity index (χ2v) is 4.71. The maximum atomic E-state index is 13.1. The van der Waals surface area contributed by atoms with Crippen molar-refractivity contribution < 1.29 is 22.7 Å². The lowest BCUT2D eigenvalue weighted by atomic mass is 10.2. The first-order valence-electron chi connectivity index (χ1n) is 6.18. The molecule has 0 saturated carbocycles. The third-order valence-electron chi connectivity index (χ3n) is 2.74. The summed E-state index contributed by atoms with van der Waals surface area (Å²) >= 11 is 0. The van der Waals surface area contributed by atoms with Crippen LogP contribution < -0.4 is 10.1 Å². The van der Waals surface area contributed by atoms with E-state index in [-0.39, 0.29) is 17.4 Å². The van der Waals surface area contributed by atoms with Crippen molar-refractivity contribution in [1.82, 2.24) is 14.7 Å². The van der Waals surface area contributed by atoms with Crippen molar-refractivity contribution in [2.75, 3.05) is 7.11 Å². The van der Waals surface area contributed by atoms with Crippen molar-refractivity contribution in [2.45, 2.75) is 26.1 Å². The molecule has 21 heavy (non-hydrogen) atoms. The van der Waals surface area contributed by atoms with E-state index in [0.29, 0.717) is 0 Å². The van der Waals surface area contributed by atoms with E-state index in [1.54, 1.807) is 13.8 Å². The smallest absolute Gasteiger partial charge is 0.435 e. The van der Waals surface area contributed by atoms with Gasteiger partial charge in [-0.15, -0.1) is 0 Å². The van der Waals surface area contributed by atoms with Gasteiger partial charge in [0.25, 0.3) is 5.91 Å². The number of amides is 1. The Morgan fingerprint density at radius 3 is 2.62 bits per heavy atom. The summed E-state index contributed by atoms with van der Waals surface area (Å²) in [5.74, 6) is -0.676. The first-order chi connectivity index (χ1) is 9.75. The fourth-order valence-corrected chi connectivity index (χ4v) is 1.95. The molecule has 0 aliphatic rings. The molecule has 0 saturated heterocycles. The Morgan fingerprint density at radius 2 is 2.10 bits per heavy atom. The van der Waals surface area contributed by atoms with Gasteiger partial charge >= 0.3 is 6.18 Å². The molecule has 8 heteroatoms. The zero-order chi connectivity index (χ0) is 15.8. The molecule has 1 N–H and O–H groups in total. The summed E-state index contributed by atoms with van der Waals surface area (Å²) < 4.78 is 45.4. The molecular weight excluding hydrogens is 287 g/mol. The number of hydrogen-bond acceptors (Lipinski definition) is 3. The van der Waals surface area contributed by atoms with Gasteiger partial charge in [-0.05, 0) is 26.0 Å². The first kappa shape index (κ1) is 15.1. The summed E-state index contributed by atoms with van der Waals surface area (Å²) in [7, 11) is 1.32. The second-order valence-electron chi connectivity index (χ2n) is 4.71. The minimum Gasteiger partial charge on any atom is -0.493 e. The van der Waals surface area contributed by atoms with Gasteiger partial charge in [-0.25, -0.2) is 4.98 Å². The highest BCUT2D eigenvalue weighted by Gasteiger charge is 2.40. The number of nitrogens with zero attached hydrogens (tertiary/aromatic N) is 2. The van der Waals surface area contributed by atoms with Gasteiger partial charge in [-0.1, -0.05) is 0 Å². The Bertz CT molecular complexity index is 677. The van der Waals surface area contributed by atoms with Crippen LogP contribution >= 0.6 is 0 Å². The number of fused-ring (bicyclic) bond motifs is 1. The monoisotopic (exact) mass is 301 g/mol. The van der Waals surface area contributed by atoms with Crippen LogP contribution in [0.1, 0.15) is 30.0 Å². The van der Waals surface area contributed by atoms with Crippen LogP contribution in [0.15, 0.2) is 18.3 Å². The lowest BCUT2D eigenvalue weighted by molar-refractivity contribution is -0.141. The summed E-state index contributed by atoms with van der Waals surface area (Å²) in [5.41, 5.74) is -1.84. The molecule has 2 rings (SSSR count). The Balaban J connectivity index is 2.73. The van der Waals surface area contributed by atoms with Crippen molar-refractivity contribution in [1.29, 1.82) is 0 Å². The number of alkyl halides is 3. The van der Waals surface area contributed by atoms with Gasteiger partial charge in [-0.3, -0.25) is 9.20 Å². The number of ether oxygens (including phenoxy) is 1. The molecule has 1 amide bonds. The van der Waals surface area contributed by atoms with Crippen LogP contribution in [0.4, 0.5) is 13.2 Å². The summed E-state index contributed by atoms with van der Waals surface area (Å²) in [6, 6.07) is 2.67. The summed E-state index contributed by atoms with van der Waals surface area (Å²) in [6.07, 6.45) is -3.39. The number of hydrogen-bond donors (Lipinski definition) is 1. The zero-order valence-electron chi connectivity index (χ0n) is 11.7. The SMILES string of the molecule is COc1cccn2c(C(=O)NC(C)C)c(C(F)(F)F)nc12. The van der Waals surface area contributed by atoms with Crippen LogP contribution in [0.3, 0.4) is 0 Å². The molecule has 2 aromatic rings. The highest BCUT2D eigenvalue weighted by molar-refractivity contribution is 5.95. The van der Waals surface area contributed by atoms with E-state index in [1.165, 1.54) is 25.4 Å². The topological polar surface area (TPSA) is 55.6 Å². The van der Waals surface area contributed by atoms with E-state index in [1.807, 2.05) is 0 Å². The molecule has 0 aliphatic heterocycles. The highest BCUT2D eigenvalue weighted by atomic mass is 19.4. The Hall–Kier alpha value is -2.25. The van der Waals surface area contributed by atoms with Crippen molar-refractivity contribution in [3.05, 3.63) is 29.7 Å². The van der Waals surface area contributed by atoms with Crippen molar-refractivity contribution in [2.24, 2.45) is 0 Å². The molecule has 114 valence electrons. The maximum absolute atomic E-state index is 13.1. The lowest BCUT2D eigenvalue weighted by Gasteiger charge is -2.11. The van der Waals surface area contributed by atoms with Crippen LogP contribution in [0.25, 0.3) is 5.65 Å². The fraction of sp³-hybridized carbons (Fsp3) is 0.385. The molecule has 0 aliphatic carbocycles. The van der Waals surface area contributed by atoms with Gasteiger partial charge in [-0.2, -0.15) is 13.2 Å². The third-order valence-corrected chi connectivity index (χ3v) is 2.74. The Morgan fingerprint density at radius 1 is 1.43 bits per heavy atom. The van der Waals surface area contributed by atoms with Crippen molar-refractivity contribution in [3.8, 4) is 5.75 Å². The molecule has 2 aromatic heterocycles. The van der Waals surface area contributed by atoms with E-state index < -0.39 is 23.5 Å². The van der Waals surface area contributed by atoms with Gasteiger partial charge in [0.1, 0.15) is 5.69 Å². The lowest BCUT2D eigenvalue weighted by Crippen LogP contribution is -2.32. The molecule has 0 radical (unpaired) electrons. The van der Waals surface area contributed by atoms with Crippen molar-refractivity contribution >= 4 is 11.6 Å². The minimum absolute atomic E-state index is 0.0544. The molecule has 0 atom stereocenters. The Kier molecular flexibility index (Phi) is 3.80. The maximum Gasteiger partial charge on any atom is 0.435 e. The predicted octanol–water partition coefficient (Wildman–Crippen LogP) is 2.50. The Labute approximate surface area is 118 Å². The van der Waals surface area contributed by atoms with Crippen LogP contribution in [0.5, 0.6) is 5.75 Å². The summed E-state index contributed by atoms with van der Waals surface area (Å²) in [4.78, 5) is 15.6. The third kappa shape index (κ3) is 2.79. The number of aromatic nitrogens is 2. The minimum atomic E-state index is -4.74.